The molecule has 1 aliphatic heterocycles. The first-order valence-electron chi connectivity index (χ1n) is 5.79. The van der Waals surface area contributed by atoms with Crippen LogP contribution in [0.4, 0.5) is 5.69 Å². The van der Waals surface area contributed by atoms with Gasteiger partial charge in [0, 0.05) is 31.4 Å². The Morgan fingerprint density at radius 2 is 2.00 bits per heavy atom. The highest BCUT2D eigenvalue weighted by molar-refractivity contribution is 6.18. The number of hydrogen-bond acceptors (Lipinski definition) is 3. The van der Waals surface area contributed by atoms with Gasteiger partial charge in [-0.25, -0.2) is 0 Å². The van der Waals surface area contributed by atoms with E-state index in [4.69, 9.17) is 0 Å². The zero-order valence-corrected chi connectivity index (χ0v) is 10.8. The maximum Gasteiger partial charge on any atom is 0.229 e. The number of amides is 1. The van der Waals surface area contributed by atoms with E-state index in [1.165, 1.54) is 0 Å². The van der Waals surface area contributed by atoms with Gasteiger partial charge < -0.3 is 10.2 Å². The van der Waals surface area contributed by atoms with Gasteiger partial charge in [-0.3, -0.25) is 9.59 Å². The SMILES string of the molecule is Cc1ccc2c(c1)C(=O)C(=CN(C)C)CC(=O)N2. The van der Waals surface area contributed by atoms with Crippen molar-refractivity contribution in [1.29, 1.82) is 0 Å². The number of carbonyl (C=O) groups is 2. The van der Waals surface area contributed by atoms with Crippen LogP contribution in [0.5, 0.6) is 0 Å². The van der Waals surface area contributed by atoms with Crippen LogP contribution in [0, 0.1) is 6.92 Å². The van der Waals surface area contributed by atoms with Gasteiger partial charge in [0.15, 0.2) is 5.78 Å². The van der Waals surface area contributed by atoms with Crippen molar-refractivity contribution in [3.05, 3.63) is 41.1 Å². The predicted molar refractivity (Wildman–Crippen MR) is 70.5 cm³/mol. The number of carbonyl (C=O) groups excluding carboxylic acids is 2. The Labute approximate surface area is 106 Å². The summed E-state index contributed by atoms with van der Waals surface area (Å²) >= 11 is 0. The molecule has 0 fully saturated rings. The summed E-state index contributed by atoms with van der Waals surface area (Å²) in [6.07, 6.45) is 1.82. The van der Waals surface area contributed by atoms with Crippen LogP contribution in [-0.2, 0) is 4.79 Å². The van der Waals surface area contributed by atoms with Crippen LogP contribution >= 0.6 is 0 Å². The van der Waals surface area contributed by atoms with Crippen LogP contribution in [0.1, 0.15) is 22.3 Å². The molecule has 4 nitrogen and oxygen atoms in total. The third-order valence-electron chi connectivity index (χ3n) is 2.75. The predicted octanol–water partition coefficient (Wildman–Crippen LogP) is 1.97. The first-order chi connectivity index (χ1) is 8.47. The average Bonchev–Trinajstić information content (AvgIpc) is 2.38. The largest absolute Gasteiger partial charge is 0.383 e. The van der Waals surface area contributed by atoms with Crippen molar-refractivity contribution >= 4 is 17.4 Å². The molecule has 0 aliphatic carbocycles. The molecule has 0 saturated carbocycles. The maximum absolute atomic E-state index is 12.4. The Balaban J connectivity index is 2.54. The molecule has 1 aliphatic rings. The summed E-state index contributed by atoms with van der Waals surface area (Å²) in [6.45, 7) is 1.93. The molecule has 4 heteroatoms. The number of hydrogen-bond donors (Lipinski definition) is 1. The van der Waals surface area contributed by atoms with E-state index in [2.05, 4.69) is 5.32 Å². The van der Waals surface area contributed by atoms with Crippen LogP contribution in [-0.4, -0.2) is 30.7 Å². The fourth-order valence-electron chi connectivity index (χ4n) is 1.99. The van der Waals surface area contributed by atoms with Crippen molar-refractivity contribution in [2.75, 3.05) is 19.4 Å². The summed E-state index contributed by atoms with van der Waals surface area (Å²) in [4.78, 5) is 25.9. The molecule has 1 aromatic carbocycles. The molecule has 18 heavy (non-hydrogen) atoms. The number of fused-ring (bicyclic) bond motifs is 1. The molecule has 0 aromatic heterocycles. The van der Waals surface area contributed by atoms with Gasteiger partial charge in [0.1, 0.15) is 0 Å². The van der Waals surface area contributed by atoms with Crippen LogP contribution < -0.4 is 5.32 Å². The monoisotopic (exact) mass is 244 g/mol. The lowest BCUT2D eigenvalue weighted by Crippen LogP contribution is -2.12. The fourth-order valence-corrected chi connectivity index (χ4v) is 1.99. The minimum Gasteiger partial charge on any atom is -0.383 e. The van der Waals surface area contributed by atoms with Gasteiger partial charge in [-0.05, 0) is 19.1 Å². The minimum atomic E-state index is -0.154. The number of anilines is 1. The van der Waals surface area contributed by atoms with Crippen LogP contribution in [0.15, 0.2) is 30.0 Å². The van der Waals surface area contributed by atoms with Gasteiger partial charge >= 0.3 is 0 Å². The Morgan fingerprint density at radius 3 is 2.67 bits per heavy atom. The van der Waals surface area contributed by atoms with E-state index in [1.807, 2.05) is 33.2 Å². The lowest BCUT2D eigenvalue weighted by molar-refractivity contribution is -0.115. The molecular formula is C14H16N2O2. The molecule has 0 saturated heterocycles. The van der Waals surface area contributed by atoms with E-state index >= 15 is 0 Å². The Hall–Kier alpha value is -2.10. The standard InChI is InChI=1S/C14H16N2O2/c1-9-4-5-12-11(6-9)14(18)10(8-16(2)3)7-13(17)15-12/h4-6,8H,7H2,1-3H3,(H,15,17). The van der Waals surface area contributed by atoms with Crippen LogP contribution in [0.25, 0.3) is 0 Å². The van der Waals surface area contributed by atoms with Gasteiger partial charge in [-0.1, -0.05) is 11.6 Å². The maximum atomic E-state index is 12.4. The smallest absolute Gasteiger partial charge is 0.229 e. The average molecular weight is 244 g/mol. The van der Waals surface area contributed by atoms with E-state index in [0.717, 1.165) is 5.56 Å². The summed E-state index contributed by atoms with van der Waals surface area (Å²) in [6, 6.07) is 5.47. The molecular weight excluding hydrogens is 228 g/mol. The number of aryl methyl sites for hydroxylation is 1. The van der Waals surface area contributed by atoms with Gasteiger partial charge in [0.25, 0.3) is 0 Å². The summed E-state index contributed by atoms with van der Waals surface area (Å²) in [5, 5.41) is 2.76. The van der Waals surface area contributed by atoms with Crippen molar-refractivity contribution in [3.63, 3.8) is 0 Å². The van der Waals surface area contributed by atoms with Crippen molar-refractivity contribution < 1.29 is 9.59 Å². The Kier molecular flexibility index (Phi) is 3.19. The zero-order chi connectivity index (χ0) is 13.3. The van der Waals surface area contributed by atoms with Crippen molar-refractivity contribution in [2.24, 2.45) is 0 Å². The number of Topliss-reactive ketones (excluding diaryl/α,β-unsaturated/α-hetero) is 1. The molecule has 2 rings (SSSR count). The number of nitrogens with zero attached hydrogens (tertiary/aromatic N) is 1. The zero-order valence-electron chi connectivity index (χ0n) is 10.8. The van der Waals surface area contributed by atoms with E-state index in [1.54, 1.807) is 17.2 Å². The van der Waals surface area contributed by atoms with E-state index in [-0.39, 0.29) is 18.1 Å². The van der Waals surface area contributed by atoms with Crippen LogP contribution in [0.2, 0.25) is 0 Å². The lowest BCUT2D eigenvalue weighted by atomic mass is 10.0. The highest BCUT2D eigenvalue weighted by Crippen LogP contribution is 2.25. The number of rotatable bonds is 1. The summed E-state index contributed by atoms with van der Waals surface area (Å²) in [5.74, 6) is -0.236. The minimum absolute atomic E-state index is 0.0826. The number of ketones is 1. The van der Waals surface area contributed by atoms with Gasteiger partial charge in [0.2, 0.25) is 5.91 Å². The molecule has 0 radical (unpaired) electrons. The molecule has 1 amide bonds. The third kappa shape index (κ3) is 2.42. The molecule has 1 N–H and O–H groups in total. The second kappa shape index (κ2) is 4.64. The molecule has 0 spiro atoms. The van der Waals surface area contributed by atoms with Crippen molar-refractivity contribution in [2.45, 2.75) is 13.3 Å². The fraction of sp³-hybridized carbons (Fsp3) is 0.286. The first-order valence-corrected chi connectivity index (χ1v) is 5.79. The quantitative estimate of drug-likeness (QED) is 0.768. The highest BCUT2D eigenvalue weighted by Gasteiger charge is 2.24. The molecule has 0 bridgehead atoms. The second-order valence-corrected chi connectivity index (χ2v) is 4.72. The van der Waals surface area contributed by atoms with Crippen LogP contribution in [0.3, 0.4) is 0 Å². The second-order valence-electron chi connectivity index (χ2n) is 4.72. The highest BCUT2D eigenvalue weighted by atomic mass is 16.2. The molecule has 1 aromatic rings. The lowest BCUT2D eigenvalue weighted by Gasteiger charge is -2.09. The van der Waals surface area contributed by atoms with E-state index in [0.29, 0.717) is 16.8 Å². The van der Waals surface area contributed by atoms with Gasteiger partial charge in [-0.15, -0.1) is 0 Å². The normalized spacial score (nSPS) is 17.2. The number of benzene rings is 1. The molecule has 0 unspecified atom stereocenters. The molecule has 0 atom stereocenters. The van der Waals surface area contributed by atoms with Gasteiger partial charge in [-0.2, -0.15) is 0 Å². The van der Waals surface area contributed by atoms with Crippen molar-refractivity contribution in [3.8, 4) is 0 Å². The topological polar surface area (TPSA) is 49.4 Å². The van der Waals surface area contributed by atoms with E-state index in [9.17, 15) is 9.59 Å². The first kappa shape index (κ1) is 12.4. The van der Waals surface area contributed by atoms with Crippen molar-refractivity contribution in [1.82, 2.24) is 4.90 Å². The van der Waals surface area contributed by atoms with E-state index < -0.39 is 0 Å². The Morgan fingerprint density at radius 1 is 1.28 bits per heavy atom. The third-order valence-corrected chi connectivity index (χ3v) is 2.75. The summed E-state index contributed by atoms with van der Waals surface area (Å²) < 4.78 is 0. The summed E-state index contributed by atoms with van der Waals surface area (Å²) in [5.41, 5.74) is 2.68. The molecule has 1 heterocycles. The summed E-state index contributed by atoms with van der Waals surface area (Å²) in [7, 11) is 3.67. The molecule has 94 valence electrons. The number of nitrogens with one attached hydrogen (secondary N) is 1. The van der Waals surface area contributed by atoms with Gasteiger partial charge in [0.05, 0.1) is 12.1 Å². The Bertz CT molecular complexity index is 545.